The van der Waals surface area contributed by atoms with Crippen molar-refractivity contribution in [2.75, 3.05) is 4.72 Å². The monoisotopic (exact) mass is 345 g/mol. The van der Waals surface area contributed by atoms with Gasteiger partial charge in [-0.15, -0.1) is 0 Å². The third-order valence-electron chi connectivity index (χ3n) is 2.41. The summed E-state index contributed by atoms with van der Waals surface area (Å²) in [5.41, 5.74) is -0.452. The third kappa shape index (κ3) is 3.24. The highest BCUT2D eigenvalue weighted by atomic mass is 35.5. The van der Waals surface area contributed by atoms with Crippen LogP contribution < -0.4 is 4.72 Å². The highest BCUT2D eigenvalue weighted by Crippen LogP contribution is 2.33. The van der Waals surface area contributed by atoms with Gasteiger partial charge < -0.3 is 0 Å². The number of rotatable bonds is 3. The zero-order valence-corrected chi connectivity index (χ0v) is 12.5. The van der Waals surface area contributed by atoms with E-state index in [0.717, 1.165) is 12.1 Å². The summed E-state index contributed by atoms with van der Waals surface area (Å²) in [6, 6.07) is 6.07. The number of pyridine rings is 1. The van der Waals surface area contributed by atoms with Crippen molar-refractivity contribution in [3.05, 3.63) is 52.0 Å². The summed E-state index contributed by atoms with van der Waals surface area (Å²) in [5.74, 6) is -0.702. The maximum atomic E-state index is 13.1. The van der Waals surface area contributed by atoms with Crippen molar-refractivity contribution in [1.82, 2.24) is 4.98 Å². The number of benzene rings is 1. The molecule has 0 amide bonds. The Bertz CT molecular complexity index is 827. The van der Waals surface area contributed by atoms with Crippen LogP contribution in [0.1, 0.15) is 5.69 Å². The van der Waals surface area contributed by atoms with E-state index in [4.69, 9.17) is 28.5 Å². The molecule has 21 heavy (non-hydrogen) atoms. The molecule has 0 bridgehead atoms. The Hall–Kier alpha value is -1.88. The largest absolute Gasteiger partial charge is 0.277 e. The van der Waals surface area contributed by atoms with Gasteiger partial charge in [0.2, 0.25) is 0 Å². The molecule has 0 fully saturated rings. The van der Waals surface area contributed by atoms with Crippen LogP contribution in [0, 0.1) is 17.1 Å². The molecule has 2 rings (SSSR count). The average Bonchev–Trinajstić information content (AvgIpc) is 2.43. The molecular formula is C12H6Cl2FN3O2S. The van der Waals surface area contributed by atoms with Crippen molar-refractivity contribution < 1.29 is 12.8 Å². The molecule has 0 atom stereocenters. The molecule has 1 aromatic heterocycles. The van der Waals surface area contributed by atoms with Gasteiger partial charge in [0.1, 0.15) is 16.8 Å². The van der Waals surface area contributed by atoms with Gasteiger partial charge in [0.25, 0.3) is 10.0 Å². The first-order valence-corrected chi connectivity index (χ1v) is 7.61. The molecule has 0 aliphatic rings. The standard InChI is InChI=1S/C12H6Cl2FN3O2S/c13-8-4-7(15)5-9(14)12(8)18-21(19,20)11-2-1-3-17-10(11)6-16/h1-5,18H. The van der Waals surface area contributed by atoms with Gasteiger partial charge >= 0.3 is 0 Å². The number of anilines is 1. The Morgan fingerprint density at radius 2 is 1.90 bits per heavy atom. The third-order valence-corrected chi connectivity index (χ3v) is 4.39. The van der Waals surface area contributed by atoms with Crippen molar-refractivity contribution in [3.8, 4) is 6.07 Å². The summed E-state index contributed by atoms with van der Waals surface area (Å²) in [6.07, 6.45) is 1.29. The number of nitriles is 1. The highest BCUT2D eigenvalue weighted by Gasteiger charge is 2.22. The quantitative estimate of drug-likeness (QED) is 0.925. The van der Waals surface area contributed by atoms with Gasteiger partial charge in [-0.2, -0.15) is 5.26 Å². The van der Waals surface area contributed by atoms with Crippen LogP contribution >= 0.6 is 23.2 Å². The molecule has 0 spiro atoms. The lowest BCUT2D eigenvalue weighted by Crippen LogP contribution is -2.15. The lowest BCUT2D eigenvalue weighted by atomic mass is 10.3. The summed E-state index contributed by atoms with van der Waals surface area (Å²) < 4.78 is 39.7. The van der Waals surface area contributed by atoms with E-state index in [1.165, 1.54) is 18.3 Å². The first-order valence-electron chi connectivity index (χ1n) is 5.37. The van der Waals surface area contributed by atoms with Crippen LogP contribution in [-0.2, 0) is 10.0 Å². The van der Waals surface area contributed by atoms with Crippen LogP contribution in [-0.4, -0.2) is 13.4 Å². The van der Waals surface area contributed by atoms with Crippen LogP contribution in [0.5, 0.6) is 0 Å². The van der Waals surface area contributed by atoms with Crippen molar-refractivity contribution >= 4 is 38.9 Å². The highest BCUT2D eigenvalue weighted by molar-refractivity contribution is 7.92. The van der Waals surface area contributed by atoms with Crippen LogP contribution in [0.4, 0.5) is 10.1 Å². The first-order chi connectivity index (χ1) is 9.85. The lowest BCUT2D eigenvalue weighted by molar-refractivity contribution is 0.600. The predicted molar refractivity (Wildman–Crippen MR) is 76.2 cm³/mol. The fraction of sp³-hybridized carbons (Fsp3) is 0. The number of aromatic nitrogens is 1. The van der Waals surface area contributed by atoms with Gasteiger partial charge in [0.05, 0.1) is 15.7 Å². The van der Waals surface area contributed by atoms with Gasteiger partial charge in [-0.25, -0.2) is 17.8 Å². The molecule has 2 aromatic rings. The molecule has 0 unspecified atom stereocenters. The minimum atomic E-state index is -4.14. The molecule has 108 valence electrons. The summed E-state index contributed by atoms with van der Waals surface area (Å²) in [6.45, 7) is 0. The van der Waals surface area contributed by atoms with E-state index in [0.29, 0.717) is 0 Å². The van der Waals surface area contributed by atoms with E-state index < -0.39 is 15.8 Å². The molecule has 0 aliphatic carbocycles. The predicted octanol–water partition coefficient (Wildman–Crippen LogP) is 3.20. The maximum Gasteiger partial charge on any atom is 0.264 e. The van der Waals surface area contributed by atoms with E-state index >= 15 is 0 Å². The van der Waals surface area contributed by atoms with E-state index in [-0.39, 0.29) is 26.3 Å². The summed E-state index contributed by atoms with van der Waals surface area (Å²) >= 11 is 11.5. The molecule has 0 aliphatic heterocycles. The van der Waals surface area contributed by atoms with E-state index in [9.17, 15) is 12.8 Å². The van der Waals surface area contributed by atoms with E-state index in [1.54, 1.807) is 6.07 Å². The van der Waals surface area contributed by atoms with Crippen LogP contribution in [0.3, 0.4) is 0 Å². The SMILES string of the molecule is N#Cc1ncccc1S(=O)(=O)Nc1c(Cl)cc(F)cc1Cl. The van der Waals surface area contributed by atoms with Crippen LogP contribution in [0.15, 0.2) is 35.4 Å². The second-order valence-electron chi connectivity index (χ2n) is 3.81. The first kappa shape index (κ1) is 15.5. The molecule has 0 radical (unpaired) electrons. The van der Waals surface area contributed by atoms with Gasteiger partial charge in [-0.05, 0) is 24.3 Å². The number of halogens is 3. The fourth-order valence-electron chi connectivity index (χ4n) is 1.52. The topological polar surface area (TPSA) is 82.8 Å². The van der Waals surface area contributed by atoms with Crippen molar-refractivity contribution in [2.24, 2.45) is 0 Å². The molecule has 1 aromatic carbocycles. The van der Waals surface area contributed by atoms with Gasteiger partial charge in [0, 0.05) is 6.20 Å². The van der Waals surface area contributed by atoms with Crippen molar-refractivity contribution in [3.63, 3.8) is 0 Å². The molecule has 0 saturated heterocycles. The molecule has 1 N–H and O–H groups in total. The molecule has 9 heteroatoms. The lowest BCUT2D eigenvalue weighted by Gasteiger charge is -2.11. The zero-order chi connectivity index (χ0) is 15.6. The van der Waals surface area contributed by atoms with Gasteiger partial charge in [0.15, 0.2) is 5.69 Å². The molecule has 5 nitrogen and oxygen atoms in total. The van der Waals surface area contributed by atoms with E-state index in [1.807, 2.05) is 0 Å². The average molecular weight is 346 g/mol. The Morgan fingerprint density at radius 3 is 2.48 bits per heavy atom. The van der Waals surface area contributed by atoms with Crippen LogP contribution in [0.25, 0.3) is 0 Å². The summed E-state index contributed by atoms with van der Waals surface area (Å²) in [4.78, 5) is 3.33. The maximum absolute atomic E-state index is 13.1. The van der Waals surface area contributed by atoms with Crippen molar-refractivity contribution in [2.45, 2.75) is 4.90 Å². The Labute approximate surface area is 130 Å². The number of hydrogen-bond acceptors (Lipinski definition) is 4. The second-order valence-corrected chi connectivity index (χ2v) is 6.28. The molecule has 0 saturated carbocycles. The fourth-order valence-corrected chi connectivity index (χ4v) is 3.40. The molecule has 1 heterocycles. The normalized spacial score (nSPS) is 11.0. The number of nitrogens with zero attached hydrogens (tertiary/aromatic N) is 2. The number of nitrogens with one attached hydrogen (secondary N) is 1. The Morgan fingerprint density at radius 1 is 1.29 bits per heavy atom. The van der Waals surface area contributed by atoms with E-state index in [2.05, 4.69) is 9.71 Å². The Kier molecular flexibility index (Phi) is 4.32. The van der Waals surface area contributed by atoms with Gasteiger partial charge in [-0.1, -0.05) is 23.2 Å². The van der Waals surface area contributed by atoms with Crippen molar-refractivity contribution in [1.29, 1.82) is 5.26 Å². The minimum absolute atomic E-state index is 0.174. The van der Waals surface area contributed by atoms with Crippen LogP contribution in [0.2, 0.25) is 10.0 Å². The minimum Gasteiger partial charge on any atom is -0.277 e. The summed E-state index contributed by atoms with van der Waals surface area (Å²) in [5, 5.41) is 8.48. The smallest absolute Gasteiger partial charge is 0.264 e. The zero-order valence-electron chi connectivity index (χ0n) is 10.1. The number of hydrogen-bond donors (Lipinski definition) is 1. The van der Waals surface area contributed by atoms with Gasteiger partial charge in [-0.3, -0.25) is 4.72 Å². The summed E-state index contributed by atoms with van der Waals surface area (Å²) in [7, 11) is -4.14. The number of sulfonamides is 1. The molecular weight excluding hydrogens is 340 g/mol. The Balaban J connectivity index is 2.51. The second kappa shape index (κ2) is 5.85.